The van der Waals surface area contributed by atoms with Gasteiger partial charge in [-0.2, -0.15) is 0 Å². The number of fused-ring (bicyclic) bond motifs is 1. The highest BCUT2D eigenvalue weighted by molar-refractivity contribution is 7.71. The topological polar surface area (TPSA) is 24.0 Å². The summed E-state index contributed by atoms with van der Waals surface area (Å²) in [6.45, 7) is 9.12. The zero-order valence-corrected chi connectivity index (χ0v) is 13.2. The maximum atomic E-state index is 5.52. The van der Waals surface area contributed by atoms with Gasteiger partial charge in [0.05, 0.1) is 11.0 Å². The van der Waals surface area contributed by atoms with E-state index in [2.05, 4.69) is 46.5 Å². The van der Waals surface area contributed by atoms with Crippen LogP contribution in [0.4, 0.5) is 0 Å². The zero-order valence-electron chi connectivity index (χ0n) is 12.4. The molecule has 1 fully saturated rings. The van der Waals surface area contributed by atoms with Gasteiger partial charge in [-0.15, -0.1) is 0 Å². The summed E-state index contributed by atoms with van der Waals surface area (Å²) < 4.78 is 3.18. The summed E-state index contributed by atoms with van der Waals surface area (Å²) >= 11 is 5.52. The number of rotatable bonds is 3. The number of hydrogen-bond acceptors (Lipinski definition) is 2. The van der Waals surface area contributed by atoms with Crippen LogP contribution in [0.3, 0.4) is 0 Å². The maximum absolute atomic E-state index is 5.52. The lowest BCUT2D eigenvalue weighted by Crippen LogP contribution is -2.34. The number of para-hydroxylation sites is 1. The van der Waals surface area contributed by atoms with Gasteiger partial charge in [-0.1, -0.05) is 19.1 Å². The molecule has 20 heavy (non-hydrogen) atoms. The number of aryl methyl sites for hydroxylation is 1. The minimum absolute atomic E-state index is 0.753. The fourth-order valence-electron chi connectivity index (χ4n) is 3.32. The lowest BCUT2D eigenvalue weighted by atomic mass is 9.96. The average Bonchev–Trinajstić information content (AvgIpc) is 2.77. The van der Waals surface area contributed by atoms with Gasteiger partial charge in [0.2, 0.25) is 0 Å². The summed E-state index contributed by atoms with van der Waals surface area (Å²) in [6.07, 6.45) is 2.57. The number of aromatic nitrogens is 2. The van der Waals surface area contributed by atoms with Crippen LogP contribution in [-0.2, 0) is 6.54 Å². The van der Waals surface area contributed by atoms with Crippen LogP contribution in [0.15, 0.2) is 18.2 Å². The monoisotopic (exact) mass is 289 g/mol. The van der Waals surface area contributed by atoms with Crippen molar-refractivity contribution in [2.24, 2.45) is 5.92 Å². The van der Waals surface area contributed by atoms with E-state index in [9.17, 15) is 0 Å². The van der Waals surface area contributed by atoms with Crippen LogP contribution < -0.4 is 0 Å². The first-order valence-electron chi connectivity index (χ1n) is 7.59. The van der Waals surface area contributed by atoms with Gasteiger partial charge in [0.15, 0.2) is 4.77 Å². The average molecular weight is 289 g/mol. The summed E-state index contributed by atoms with van der Waals surface area (Å²) in [6, 6.07) is 6.38. The number of H-pyrrole nitrogens is 1. The van der Waals surface area contributed by atoms with Crippen molar-refractivity contribution in [3.63, 3.8) is 0 Å². The van der Waals surface area contributed by atoms with Crippen LogP contribution in [0.5, 0.6) is 0 Å². The van der Waals surface area contributed by atoms with Crippen molar-refractivity contribution in [2.75, 3.05) is 19.6 Å². The number of nitrogens with one attached hydrogen (secondary N) is 1. The molecule has 0 aliphatic carbocycles. The van der Waals surface area contributed by atoms with Crippen molar-refractivity contribution >= 4 is 23.3 Å². The lowest BCUT2D eigenvalue weighted by Gasteiger charge is -2.31. The largest absolute Gasteiger partial charge is 0.331 e. The van der Waals surface area contributed by atoms with Gasteiger partial charge in [0.25, 0.3) is 0 Å². The molecule has 0 amide bonds. The van der Waals surface area contributed by atoms with E-state index in [0.717, 1.165) is 17.2 Å². The Bertz CT molecular complexity index is 647. The highest BCUT2D eigenvalue weighted by Gasteiger charge is 2.19. The normalized spacial score (nSPS) is 17.9. The number of nitrogens with zero attached hydrogens (tertiary/aromatic N) is 2. The van der Waals surface area contributed by atoms with Crippen LogP contribution in [0.1, 0.15) is 25.3 Å². The van der Waals surface area contributed by atoms with Crippen LogP contribution in [0, 0.1) is 17.6 Å². The molecule has 0 saturated carbocycles. The second-order valence-corrected chi connectivity index (χ2v) is 6.28. The highest BCUT2D eigenvalue weighted by atomic mass is 32.1. The molecular weight excluding hydrogens is 266 g/mol. The van der Waals surface area contributed by atoms with Gasteiger partial charge in [-0.25, -0.2) is 0 Å². The molecule has 2 aromatic rings. The summed E-state index contributed by atoms with van der Waals surface area (Å²) in [7, 11) is 0. The Morgan fingerprint density at radius 3 is 2.75 bits per heavy atom. The molecule has 1 saturated heterocycles. The first-order chi connectivity index (χ1) is 9.69. The molecule has 1 aliphatic rings. The summed E-state index contributed by atoms with van der Waals surface area (Å²) in [5.41, 5.74) is 3.76. The molecule has 3 rings (SSSR count). The van der Waals surface area contributed by atoms with E-state index in [4.69, 9.17) is 12.2 Å². The molecule has 1 aromatic heterocycles. The third-order valence-corrected chi connectivity index (χ3v) is 4.91. The maximum Gasteiger partial charge on any atom is 0.178 e. The minimum Gasteiger partial charge on any atom is -0.331 e. The first kappa shape index (κ1) is 13.8. The van der Waals surface area contributed by atoms with E-state index in [1.807, 2.05) is 0 Å². The summed E-state index contributed by atoms with van der Waals surface area (Å²) in [4.78, 5) is 5.88. The number of benzene rings is 1. The zero-order chi connectivity index (χ0) is 14.1. The van der Waals surface area contributed by atoms with Crippen LogP contribution in [0.25, 0.3) is 11.0 Å². The second-order valence-electron chi connectivity index (χ2n) is 5.89. The van der Waals surface area contributed by atoms with E-state index in [-0.39, 0.29) is 0 Å². The van der Waals surface area contributed by atoms with E-state index in [1.165, 1.54) is 49.1 Å². The van der Waals surface area contributed by atoms with Crippen molar-refractivity contribution in [3.8, 4) is 0 Å². The molecule has 2 heterocycles. The van der Waals surface area contributed by atoms with Crippen LogP contribution in [-0.4, -0.2) is 34.1 Å². The van der Waals surface area contributed by atoms with Crippen LogP contribution in [0.2, 0.25) is 0 Å². The van der Waals surface area contributed by atoms with E-state index < -0.39 is 0 Å². The molecule has 0 unspecified atom stereocenters. The molecule has 3 nitrogen and oxygen atoms in total. The fourth-order valence-corrected chi connectivity index (χ4v) is 3.60. The van der Waals surface area contributed by atoms with Crippen molar-refractivity contribution in [1.29, 1.82) is 0 Å². The van der Waals surface area contributed by atoms with Crippen molar-refractivity contribution in [3.05, 3.63) is 28.5 Å². The molecule has 4 heteroatoms. The minimum atomic E-state index is 0.753. The highest BCUT2D eigenvalue weighted by Crippen LogP contribution is 2.24. The number of piperidine rings is 1. The molecule has 1 N–H and O–H groups in total. The molecule has 0 bridgehead atoms. The van der Waals surface area contributed by atoms with Gasteiger partial charge in [0.1, 0.15) is 0 Å². The predicted octanol–water partition coefficient (Wildman–Crippen LogP) is 3.74. The Morgan fingerprint density at radius 2 is 2.05 bits per heavy atom. The van der Waals surface area contributed by atoms with E-state index in [0.29, 0.717) is 0 Å². The predicted molar refractivity (Wildman–Crippen MR) is 86.7 cm³/mol. The van der Waals surface area contributed by atoms with Crippen molar-refractivity contribution in [1.82, 2.24) is 14.5 Å². The Balaban J connectivity index is 1.85. The number of hydrogen-bond donors (Lipinski definition) is 1. The van der Waals surface area contributed by atoms with Crippen LogP contribution >= 0.6 is 12.2 Å². The third kappa shape index (κ3) is 2.54. The molecule has 108 valence electrons. The van der Waals surface area contributed by atoms with Gasteiger partial charge < -0.3 is 14.5 Å². The Morgan fingerprint density at radius 1 is 1.30 bits per heavy atom. The number of likely N-dealkylation sites (tertiary alicyclic amines) is 1. The van der Waals surface area contributed by atoms with Crippen molar-refractivity contribution in [2.45, 2.75) is 33.2 Å². The Kier molecular flexibility index (Phi) is 3.94. The van der Waals surface area contributed by atoms with Gasteiger partial charge in [-0.05, 0) is 69.2 Å². The molecule has 0 atom stereocenters. The Hall–Kier alpha value is -1.13. The lowest BCUT2D eigenvalue weighted by molar-refractivity contribution is 0.181. The molecular formula is C16H23N3S. The summed E-state index contributed by atoms with van der Waals surface area (Å²) in [5.74, 6) is 0.753. The molecule has 0 radical (unpaired) electrons. The van der Waals surface area contributed by atoms with Gasteiger partial charge >= 0.3 is 0 Å². The molecule has 1 aromatic carbocycles. The smallest absolute Gasteiger partial charge is 0.178 e. The van der Waals surface area contributed by atoms with E-state index in [1.54, 1.807) is 0 Å². The molecule has 1 aliphatic heterocycles. The van der Waals surface area contributed by atoms with Gasteiger partial charge in [-0.3, -0.25) is 0 Å². The Labute approximate surface area is 125 Å². The van der Waals surface area contributed by atoms with Crippen molar-refractivity contribution < 1.29 is 0 Å². The second kappa shape index (κ2) is 5.70. The third-order valence-electron chi connectivity index (χ3n) is 4.59. The standard InChI is InChI=1S/C16H23N3S/c1-3-18-9-7-13(8-10-18)11-19-15-12(2)5-4-6-14(15)17-16(19)20/h4-6,13H,3,7-11H2,1-2H3,(H,17,20). The number of aromatic amines is 1. The van der Waals surface area contributed by atoms with E-state index >= 15 is 0 Å². The molecule has 0 spiro atoms. The number of imidazole rings is 1. The first-order valence-corrected chi connectivity index (χ1v) is 8.00. The summed E-state index contributed by atoms with van der Waals surface area (Å²) in [5, 5.41) is 0. The quantitative estimate of drug-likeness (QED) is 0.870. The fraction of sp³-hybridized carbons (Fsp3) is 0.562. The van der Waals surface area contributed by atoms with Gasteiger partial charge in [0, 0.05) is 6.54 Å². The SMILES string of the molecule is CCN1CCC(Cn2c(=S)[nH]c3cccc(C)c32)CC1.